The Labute approximate surface area is 109 Å². The molecule has 4 heteroatoms. The topological polar surface area (TPSA) is 66.8 Å². The number of aliphatic hydroxyl groups excluding tert-OH is 1. The molecule has 0 atom stereocenters. The van der Waals surface area contributed by atoms with Gasteiger partial charge in [0.05, 0.1) is 6.61 Å². The first-order valence-corrected chi connectivity index (χ1v) is 6.61. The van der Waals surface area contributed by atoms with Crippen LogP contribution in [0.5, 0.6) is 0 Å². The van der Waals surface area contributed by atoms with Gasteiger partial charge in [0.15, 0.2) is 5.60 Å². The van der Waals surface area contributed by atoms with Gasteiger partial charge in [0.1, 0.15) is 0 Å². The van der Waals surface area contributed by atoms with Gasteiger partial charge in [0.25, 0.3) is 0 Å². The van der Waals surface area contributed by atoms with Gasteiger partial charge in [0.2, 0.25) is 0 Å². The normalized spacial score (nSPS) is 24.7. The van der Waals surface area contributed by atoms with E-state index in [9.17, 15) is 9.90 Å². The van der Waals surface area contributed by atoms with Crippen LogP contribution in [0.3, 0.4) is 0 Å². The van der Waals surface area contributed by atoms with Crippen molar-refractivity contribution >= 4 is 5.97 Å². The molecule has 0 aromatic heterocycles. The first kappa shape index (κ1) is 15.4. The van der Waals surface area contributed by atoms with Crippen molar-refractivity contribution in [2.45, 2.75) is 59.0 Å². The van der Waals surface area contributed by atoms with Crippen molar-refractivity contribution in [1.82, 2.24) is 0 Å². The number of hydrogen-bond acceptors (Lipinski definition) is 3. The van der Waals surface area contributed by atoms with Crippen LogP contribution in [0.15, 0.2) is 0 Å². The highest BCUT2D eigenvalue weighted by Crippen LogP contribution is 2.51. The van der Waals surface area contributed by atoms with Crippen LogP contribution in [0, 0.1) is 10.8 Å². The quantitative estimate of drug-likeness (QED) is 0.743. The van der Waals surface area contributed by atoms with Crippen LogP contribution < -0.4 is 0 Å². The van der Waals surface area contributed by atoms with Gasteiger partial charge in [-0.3, -0.25) is 0 Å². The second-order valence-electron chi connectivity index (χ2n) is 7.08. The van der Waals surface area contributed by atoms with E-state index in [1.807, 2.05) is 0 Å². The number of carboxylic acid groups (broad SMARTS) is 1. The lowest BCUT2D eigenvalue weighted by molar-refractivity contribution is -0.186. The molecule has 0 unspecified atom stereocenters. The third-order valence-electron chi connectivity index (χ3n) is 3.56. The highest BCUT2D eigenvalue weighted by Gasteiger charge is 2.52. The Bertz CT molecular complexity index is 291. The summed E-state index contributed by atoms with van der Waals surface area (Å²) >= 11 is 0. The zero-order valence-corrected chi connectivity index (χ0v) is 12.0. The lowest BCUT2D eigenvalue weighted by atomic mass is 9.59. The maximum atomic E-state index is 11.7. The molecule has 0 saturated heterocycles. The van der Waals surface area contributed by atoms with Crippen molar-refractivity contribution in [3.8, 4) is 0 Å². The third-order valence-corrected chi connectivity index (χ3v) is 3.56. The maximum absolute atomic E-state index is 11.7. The van der Waals surface area contributed by atoms with E-state index in [-0.39, 0.29) is 17.4 Å². The van der Waals surface area contributed by atoms with E-state index in [2.05, 4.69) is 27.7 Å². The monoisotopic (exact) mass is 258 g/mol. The second-order valence-corrected chi connectivity index (χ2v) is 7.08. The molecule has 1 aliphatic carbocycles. The summed E-state index contributed by atoms with van der Waals surface area (Å²) in [7, 11) is 0. The Morgan fingerprint density at radius 2 is 1.61 bits per heavy atom. The third kappa shape index (κ3) is 3.69. The predicted molar refractivity (Wildman–Crippen MR) is 69.4 cm³/mol. The Morgan fingerprint density at radius 3 is 2.00 bits per heavy atom. The number of aliphatic carboxylic acids is 1. The minimum Gasteiger partial charge on any atom is -0.479 e. The number of rotatable bonds is 5. The van der Waals surface area contributed by atoms with Crippen LogP contribution in [0.2, 0.25) is 0 Å². The fraction of sp³-hybridized carbons (Fsp3) is 0.929. The number of aliphatic hydroxyl groups is 1. The molecule has 106 valence electrons. The molecule has 2 N–H and O–H groups in total. The maximum Gasteiger partial charge on any atom is 0.336 e. The van der Waals surface area contributed by atoms with Gasteiger partial charge < -0.3 is 14.9 Å². The van der Waals surface area contributed by atoms with E-state index in [1.165, 1.54) is 0 Å². The fourth-order valence-electron chi connectivity index (χ4n) is 3.68. The highest BCUT2D eigenvalue weighted by atomic mass is 16.5. The molecule has 0 amide bonds. The molecule has 0 aliphatic heterocycles. The molecule has 0 spiro atoms. The molecular formula is C14H26O4. The first-order valence-electron chi connectivity index (χ1n) is 6.61. The van der Waals surface area contributed by atoms with Crippen LogP contribution in [-0.4, -0.2) is 35.0 Å². The van der Waals surface area contributed by atoms with Crippen molar-refractivity contribution in [1.29, 1.82) is 0 Å². The molecule has 4 nitrogen and oxygen atoms in total. The van der Waals surface area contributed by atoms with Gasteiger partial charge in [-0.05, 0) is 36.5 Å². The van der Waals surface area contributed by atoms with Gasteiger partial charge in [0, 0.05) is 6.61 Å². The first-order chi connectivity index (χ1) is 8.13. The van der Waals surface area contributed by atoms with Gasteiger partial charge in [-0.1, -0.05) is 27.7 Å². The molecule has 1 aliphatic rings. The molecule has 0 aromatic carbocycles. The van der Waals surface area contributed by atoms with Crippen molar-refractivity contribution in [2.75, 3.05) is 13.2 Å². The summed E-state index contributed by atoms with van der Waals surface area (Å²) in [5.41, 5.74) is -1.18. The fourth-order valence-corrected chi connectivity index (χ4v) is 3.68. The number of hydrogen-bond donors (Lipinski definition) is 2. The van der Waals surface area contributed by atoms with Crippen molar-refractivity contribution in [3.63, 3.8) is 0 Å². The molecule has 1 saturated carbocycles. The van der Waals surface area contributed by atoms with Gasteiger partial charge in [-0.15, -0.1) is 0 Å². The van der Waals surface area contributed by atoms with Crippen LogP contribution in [0.25, 0.3) is 0 Å². The molecule has 0 aromatic rings. The van der Waals surface area contributed by atoms with Crippen molar-refractivity contribution < 1.29 is 19.7 Å². The predicted octanol–water partition coefficient (Wildman–Crippen LogP) is 2.45. The minimum absolute atomic E-state index is 0.0302. The van der Waals surface area contributed by atoms with Crippen LogP contribution >= 0.6 is 0 Å². The summed E-state index contributed by atoms with van der Waals surface area (Å²) in [6.07, 6.45) is 2.54. The summed E-state index contributed by atoms with van der Waals surface area (Å²) < 4.78 is 5.68. The Hall–Kier alpha value is -0.610. The van der Waals surface area contributed by atoms with E-state index >= 15 is 0 Å². The van der Waals surface area contributed by atoms with Gasteiger partial charge in [-0.25, -0.2) is 4.79 Å². The van der Waals surface area contributed by atoms with Crippen LogP contribution in [0.4, 0.5) is 0 Å². The van der Waals surface area contributed by atoms with E-state index in [0.29, 0.717) is 25.9 Å². The van der Waals surface area contributed by atoms with Gasteiger partial charge >= 0.3 is 5.97 Å². The summed E-state index contributed by atoms with van der Waals surface area (Å²) in [6.45, 7) is 8.72. The lowest BCUT2D eigenvalue weighted by Gasteiger charge is -2.49. The molecule has 18 heavy (non-hydrogen) atoms. The Kier molecular flexibility index (Phi) is 4.44. The molecule has 1 fully saturated rings. The van der Waals surface area contributed by atoms with Crippen LogP contribution in [0.1, 0.15) is 53.4 Å². The average Bonchev–Trinajstić information content (AvgIpc) is 2.12. The number of ether oxygens (including phenoxy) is 1. The lowest BCUT2D eigenvalue weighted by Crippen LogP contribution is -2.53. The van der Waals surface area contributed by atoms with E-state index in [1.54, 1.807) is 0 Å². The second kappa shape index (κ2) is 5.17. The largest absolute Gasteiger partial charge is 0.479 e. The molecular weight excluding hydrogens is 232 g/mol. The van der Waals surface area contributed by atoms with Crippen LogP contribution in [-0.2, 0) is 9.53 Å². The summed E-state index contributed by atoms with van der Waals surface area (Å²) in [4.78, 5) is 11.7. The zero-order chi connectivity index (χ0) is 14.0. The van der Waals surface area contributed by atoms with E-state index in [4.69, 9.17) is 9.84 Å². The zero-order valence-electron chi connectivity index (χ0n) is 12.0. The smallest absolute Gasteiger partial charge is 0.336 e. The molecule has 0 bridgehead atoms. The van der Waals surface area contributed by atoms with E-state index < -0.39 is 11.6 Å². The summed E-state index contributed by atoms with van der Waals surface area (Å²) in [6, 6.07) is 0. The Balaban J connectivity index is 2.91. The SMILES string of the molecule is CC1(C)CC(C)(C)CC(OCCCO)(C(=O)O)C1. The summed E-state index contributed by atoms with van der Waals surface area (Å²) in [5, 5.41) is 18.4. The average molecular weight is 258 g/mol. The molecule has 0 heterocycles. The highest BCUT2D eigenvalue weighted by molar-refractivity contribution is 5.78. The standard InChI is InChI=1S/C14H26O4/c1-12(2)8-13(3,4)10-14(9-12,11(16)17)18-7-5-6-15/h15H,5-10H2,1-4H3,(H,16,17). The minimum atomic E-state index is -1.10. The number of carbonyl (C=O) groups is 1. The molecule has 0 radical (unpaired) electrons. The Morgan fingerprint density at radius 1 is 1.11 bits per heavy atom. The van der Waals surface area contributed by atoms with Crippen molar-refractivity contribution in [3.05, 3.63) is 0 Å². The van der Waals surface area contributed by atoms with Gasteiger partial charge in [-0.2, -0.15) is 0 Å². The van der Waals surface area contributed by atoms with E-state index in [0.717, 1.165) is 6.42 Å². The summed E-state index contributed by atoms with van der Waals surface area (Å²) in [5.74, 6) is -0.874. The molecule has 1 rings (SSSR count). The number of carboxylic acids is 1. The van der Waals surface area contributed by atoms with Crippen molar-refractivity contribution in [2.24, 2.45) is 10.8 Å².